The number of benzene rings is 1. The molecule has 5 nitrogen and oxygen atoms in total. The van der Waals surface area contributed by atoms with Crippen molar-refractivity contribution < 1.29 is 19.1 Å². The summed E-state index contributed by atoms with van der Waals surface area (Å²) in [5, 5.41) is 3.33. The van der Waals surface area contributed by atoms with Gasteiger partial charge in [0.25, 0.3) is 5.91 Å². The highest BCUT2D eigenvalue weighted by molar-refractivity contribution is 7.18. The van der Waals surface area contributed by atoms with E-state index < -0.39 is 0 Å². The molecule has 0 spiro atoms. The zero-order valence-corrected chi connectivity index (χ0v) is 14.2. The van der Waals surface area contributed by atoms with Gasteiger partial charge in [0.05, 0.1) is 11.6 Å². The molecule has 1 amide bonds. The summed E-state index contributed by atoms with van der Waals surface area (Å²) in [4.78, 5) is 24.2. The predicted molar refractivity (Wildman–Crippen MR) is 90.3 cm³/mol. The van der Waals surface area contributed by atoms with Crippen molar-refractivity contribution in [1.82, 2.24) is 0 Å². The van der Waals surface area contributed by atoms with E-state index in [2.05, 4.69) is 5.32 Å². The molecule has 0 atom stereocenters. The molecule has 6 heteroatoms. The Bertz CT molecular complexity index is 708. The molecular weight excluding hydrogens is 314 g/mol. The van der Waals surface area contributed by atoms with E-state index in [9.17, 15) is 9.59 Å². The van der Waals surface area contributed by atoms with Crippen LogP contribution in [0.15, 0.2) is 30.3 Å². The zero-order valence-electron chi connectivity index (χ0n) is 13.3. The fraction of sp³-hybridized carbons (Fsp3) is 0.294. The van der Waals surface area contributed by atoms with Gasteiger partial charge >= 0.3 is 5.97 Å². The lowest BCUT2D eigenvalue weighted by Gasteiger charge is -2.06. The Morgan fingerprint density at radius 1 is 1.22 bits per heavy atom. The summed E-state index contributed by atoms with van der Waals surface area (Å²) in [7, 11) is 0. The monoisotopic (exact) mass is 333 g/mol. The fourth-order valence-electron chi connectivity index (χ4n) is 1.97. The highest BCUT2D eigenvalue weighted by Gasteiger charge is 2.16. The van der Waals surface area contributed by atoms with E-state index in [1.54, 1.807) is 19.1 Å². The van der Waals surface area contributed by atoms with Crippen LogP contribution in [0, 0.1) is 13.8 Å². The van der Waals surface area contributed by atoms with E-state index in [1.165, 1.54) is 11.3 Å². The summed E-state index contributed by atoms with van der Waals surface area (Å²) in [5.41, 5.74) is 1.85. The van der Waals surface area contributed by atoms with Crippen molar-refractivity contribution in [3.8, 4) is 5.75 Å². The molecule has 2 rings (SSSR count). The Morgan fingerprint density at radius 3 is 2.70 bits per heavy atom. The van der Waals surface area contributed by atoms with Crippen molar-refractivity contribution in [3.05, 3.63) is 46.3 Å². The Morgan fingerprint density at radius 2 is 2.00 bits per heavy atom. The molecule has 0 fully saturated rings. The first-order valence-electron chi connectivity index (χ1n) is 7.26. The minimum Gasteiger partial charge on any atom is -0.484 e. The van der Waals surface area contributed by atoms with Crippen LogP contribution in [0.25, 0.3) is 0 Å². The first-order chi connectivity index (χ1) is 11.0. The van der Waals surface area contributed by atoms with E-state index in [-0.39, 0.29) is 18.5 Å². The maximum Gasteiger partial charge on any atom is 0.348 e. The normalized spacial score (nSPS) is 10.2. The van der Waals surface area contributed by atoms with Crippen LogP contribution in [0.4, 0.5) is 5.00 Å². The molecule has 1 aromatic heterocycles. The van der Waals surface area contributed by atoms with Crippen molar-refractivity contribution in [3.63, 3.8) is 0 Å². The molecule has 122 valence electrons. The number of amides is 1. The summed E-state index contributed by atoms with van der Waals surface area (Å²) in [6.07, 6.45) is 0. The first kappa shape index (κ1) is 17.0. The second kappa shape index (κ2) is 7.78. The van der Waals surface area contributed by atoms with Crippen molar-refractivity contribution in [2.24, 2.45) is 0 Å². The summed E-state index contributed by atoms with van der Waals surface area (Å²) in [6.45, 7) is 5.75. The molecule has 0 radical (unpaired) electrons. The second-order valence-electron chi connectivity index (χ2n) is 5.00. The van der Waals surface area contributed by atoms with Crippen LogP contribution in [-0.2, 0) is 9.53 Å². The van der Waals surface area contributed by atoms with Crippen LogP contribution in [-0.4, -0.2) is 25.1 Å². The lowest BCUT2D eigenvalue weighted by molar-refractivity contribution is -0.118. The smallest absolute Gasteiger partial charge is 0.348 e. The Hall–Kier alpha value is -2.34. The number of esters is 1. The van der Waals surface area contributed by atoms with Crippen molar-refractivity contribution in [1.29, 1.82) is 0 Å². The third-order valence-corrected chi connectivity index (χ3v) is 4.13. The van der Waals surface area contributed by atoms with Gasteiger partial charge in [-0.05, 0) is 50.1 Å². The molecule has 0 bridgehead atoms. The molecule has 23 heavy (non-hydrogen) atoms. The number of carbonyl (C=O) groups is 2. The second-order valence-corrected chi connectivity index (χ2v) is 6.05. The third kappa shape index (κ3) is 4.82. The number of hydrogen-bond donors (Lipinski definition) is 1. The van der Waals surface area contributed by atoms with Crippen LogP contribution >= 0.6 is 11.3 Å². The fourth-order valence-corrected chi connectivity index (χ4v) is 2.95. The maximum absolute atomic E-state index is 11.9. The lowest BCUT2D eigenvalue weighted by atomic mass is 10.2. The average Bonchev–Trinajstić information content (AvgIpc) is 2.86. The van der Waals surface area contributed by atoms with Gasteiger partial charge in [0.1, 0.15) is 10.6 Å². The summed E-state index contributed by atoms with van der Waals surface area (Å²) < 4.78 is 10.4. The number of nitrogens with one attached hydrogen (secondary N) is 1. The molecule has 0 aliphatic rings. The molecule has 0 aliphatic heterocycles. The molecule has 1 N–H and O–H groups in total. The van der Waals surface area contributed by atoms with Gasteiger partial charge in [0, 0.05) is 0 Å². The summed E-state index contributed by atoms with van der Waals surface area (Å²) in [5.74, 6) is 0.00407. The number of thiophene rings is 1. The van der Waals surface area contributed by atoms with Gasteiger partial charge in [-0.3, -0.25) is 4.79 Å². The topological polar surface area (TPSA) is 64.6 Å². The third-order valence-electron chi connectivity index (χ3n) is 3.00. The van der Waals surface area contributed by atoms with E-state index >= 15 is 0 Å². The number of carbonyl (C=O) groups excluding carboxylic acids is 2. The van der Waals surface area contributed by atoms with Gasteiger partial charge in [0.15, 0.2) is 6.61 Å². The largest absolute Gasteiger partial charge is 0.484 e. The van der Waals surface area contributed by atoms with Crippen molar-refractivity contribution in [2.45, 2.75) is 20.8 Å². The van der Waals surface area contributed by atoms with Gasteiger partial charge in [0.2, 0.25) is 0 Å². The molecule has 1 aromatic carbocycles. The highest BCUT2D eigenvalue weighted by atomic mass is 32.1. The Labute approximate surface area is 139 Å². The molecule has 0 saturated carbocycles. The predicted octanol–water partition coefficient (Wildman–Crippen LogP) is 3.56. The highest BCUT2D eigenvalue weighted by Crippen LogP contribution is 2.27. The minimum absolute atomic E-state index is 0.0882. The molecule has 0 aliphatic carbocycles. The van der Waals surface area contributed by atoms with Crippen LogP contribution in [0.1, 0.15) is 27.7 Å². The van der Waals surface area contributed by atoms with Gasteiger partial charge < -0.3 is 14.8 Å². The molecule has 1 heterocycles. The lowest BCUT2D eigenvalue weighted by Crippen LogP contribution is -2.19. The number of anilines is 1. The number of hydrogen-bond acceptors (Lipinski definition) is 5. The van der Waals surface area contributed by atoms with Gasteiger partial charge in [-0.15, -0.1) is 11.3 Å². The summed E-state index contributed by atoms with van der Waals surface area (Å²) in [6, 6.07) is 9.24. The molecular formula is C17H19NO4S. The zero-order chi connectivity index (χ0) is 16.8. The average molecular weight is 333 g/mol. The van der Waals surface area contributed by atoms with E-state index in [4.69, 9.17) is 9.47 Å². The standard InChI is InChI=1S/C17H19NO4S/c1-4-21-17(20)16-12(3)9-15(23-16)18-14(19)10-22-13-7-5-6-11(2)8-13/h5-9H,4,10H2,1-3H3,(H,18,19). The van der Waals surface area contributed by atoms with E-state index in [0.717, 1.165) is 11.1 Å². The van der Waals surface area contributed by atoms with Crippen LogP contribution in [0.5, 0.6) is 5.75 Å². The van der Waals surface area contributed by atoms with Gasteiger partial charge in [-0.1, -0.05) is 12.1 Å². The molecule has 0 saturated heterocycles. The van der Waals surface area contributed by atoms with E-state index in [1.807, 2.05) is 32.0 Å². The SMILES string of the molecule is CCOC(=O)c1sc(NC(=O)COc2cccc(C)c2)cc1C. The summed E-state index contributed by atoms with van der Waals surface area (Å²) >= 11 is 1.20. The maximum atomic E-state index is 11.9. The van der Waals surface area contributed by atoms with Crippen molar-refractivity contribution >= 4 is 28.2 Å². The van der Waals surface area contributed by atoms with Crippen LogP contribution in [0.2, 0.25) is 0 Å². The number of ether oxygens (including phenoxy) is 2. The van der Waals surface area contributed by atoms with Crippen LogP contribution < -0.4 is 10.1 Å². The van der Waals surface area contributed by atoms with Gasteiger partial charge in [-0.2, -0.15) is 0 Å². The van der Waals surface area contributed by atoms with Crippen LogP contribution in [0.3, 0.4) is 0 Å². The number of aryl methyl sites for hydroxylation is 2. The van der Waals surface area contributed by atoms with E-state index in [0.29, 0.717) is 22.2 Å². The van der Waals surface area contributed by atoms with Crippen molar-refractivity contribution in [2.75, 3.05) is 18.5 Å². The quantitative estimate of drug-likeness (QED) is 0.821. The Kier molecular flexibility index (Phi) is 5.76. The first-order valence-corrected chi connectivity index (χ1v) is 8.08. The minimum atomic E-state index is -0.369. The number of rotatable bonds is 6. The molecule has 0 unspecified atom stereocenters. The molecule has 2 aromatic rings. The van der Waals surface area contributed by atoms with Gasteiger partial charge in [-0.25, -0.2) is 4.79 Å². The Balaban J connectivity index is 1.93.